The Labute approximate surface area is 107 Å². The molecule has 5 nitrogen and oxygen atoms in total. The third kappa shape index (κ3) is 3.91. The van der Waals surface area contributed by atoms with Gasteiger partial charge in [-0.3, -0.25) is 10.1 Å². The molecular formula is C13H20N2O3. The number of benzene rings is 1. The van der Waals surface area contributed by atoms with E-state index in [4.69, 9.17) is 4.74 Å². The van der Waals surface area contributed by atoms with Gasteiger partial charge in [-0.1, -0.05) is 32.3 Å². The van der Waals surface area contributed by atoms with E-state index >= 15 is 0 Å². The molecule has 0 saturated carbocycles. The number of nitro benzene ring substituents is 1. The van der Waals surface area contributed by atoms with Crippen molar-refractivity contribution in [2.45, 2.75) is 32.6 Å². The first kappa shape index (κ1) is 14.3. The van der Waals surface area contributed by atoms with Gasteiger partial charge in [0.1, 0.15) is 5.69 Å². The van der Waals surface area contributed by atoms with Gasteiger partial charge in [-0.05, 0) is 18.6 Å². The van der Waals surface area contributed by atoms with Gasteiger partial charge >= 0.3 is 5.69 Å². The quantitative estimate of drug-likeness (QED) is 0.436. The van der Waals surface area contributed by atoms with Crippen molar-refractivity contribution in [3.05, 3.63) is 28.3 Å². The van der Waals surface area contributed by atoms with Gasteiger partial charge in [-0.15, -0.1) is 0 Å². The predicted molar refractivity (Wildman–Crippen MR) is 72.3 cm³/mol. The van der Waals surface area contributed by atoms with Crippen LogP contribution in [0.2, 0.25) is 0 Å². The third-order valence-electron chi connectivity index (χ3n) is 2.75. The maximum atomic E-state index is 11.0. The van der Waals surface area contributed by atoms with Crippen LogP contribution in [0.5, 0.6) is 5.75 Å². The Morgan fingerprint density at radius 1 is 1.33 bits per heavy atom. The molecule has 0 aliphatic rings. The van der Waals surface area contributed by atoms with Gasteiger partial charge < -0.3 is 10.1 Å². The topological polar surface area (TPSA) is 64.4 Å². The smallest absolute Gasteiger partial charge is 0.333 e. The van der Waals surface area contributed by atoms with Gasteiger partial charge in [-0.25, -0.2) is 0 Å². The second-order valence-corrected chi connectivity index (χ2v) is 4.10. The summed E-state index contributed by atoms with van der Waals surface area (Å²) in [6.45, 7) is 2.90. The Balaban J connectivity index is 2.67. The Morgan fingerprint density at radius 3 is 2.72 bits per heavy atom. The minimum absolute atomic E-state index is 0.00971. The van der Waals surface area contributed by atoms with Crippen LogP contribution in [0.1, 0.15) is 32.6 Å². The van der Waals surface area contributed by atoms with Gasteiger partial charge in [0.25, 0.3) is 0 Å². The van der Waals surface area contributed by atoms with Crippen molar-refractivity contribution in [1.82, 2.24) is 0 Å². The summed E-state index contributed by atoms with van der Waals surface area (Å²) in [5.41, 5.74) is 0.534. The lowest BCUT2D eigenvalue weighted by atomic mass is 10.2. The van der Waals surface area contributed by atoms with E-state index in [1.54, 1.807) is 18.2 Å². The van der Waals surface area contributed by atoms with Crippen molar-refractivity contribution in [2.75, 3.05) is 19.0 Å². The van der Waals surface area contributed by atoms with Gasteiger partial charge in [0.15, 0.2) is 5.75 Å². The molecule has 100 valence electrons. The molecule has 0 atom stereocenters. The molecule has 1 aromatic carbocycles. The number of hydrogen-bond donors (Lipinski definition) is 1. The van der Waals surface area contributed by atoms with Crippen LogP contribution in [0.3, 0.4) is 0 Å². The van der Waals surface area contributed by atoms with E-state index in [1.807, 2.05) is 0 Å². The van der Waals surface area contributed by atoms with Crippen LogP contribution in [-0.4, -0.2) is 18.6 Å². The van der Waals surface area contributed by atoms with Gasteiger partial charge in [0.05, 0.1) is 12.0 Å². The largest absolute Gasteiger partial charge is 0.490 e. The number of unbranched alkanes of at least 4 members (excludes halogenated alkanes) is 3. The molecule has 0 aromatic heterocycles. The molecule has 0 radical (unpaired) electrons. The number of nitrogens with one attached hydrogen (secondary N) is 1. The van der Waals surface area contributed by atoms with E-state index in [1.165, 1.54) is 20.0 Å². The van der Waals surface area contributed by atoms with Crippen LogP contribution in [0.4, 0.5) is 11.4 Å². The number of nitrogens with zero attached hydrogens (tertiary/aromatic N) is 1. The summed E-state index contributed by atoms with van der Waals surface area (Å²) >= 11 is 0. The fourth-order valence-electron chi connectivity index (χ4n) is 1.79. The number of nitro groups is 1. The summed E-state index contributed by atoms with van der Waals surface area (Å²) in [4.78, 5) is 10.6. The summed E-state index contributed by atoms with van der Waals surface area (Å²) in [6.07, 6.45) is 4.53. The molecular weight excluding hydrogens is 232 g/mol. The van der Waals surface area contributed by atoms with Crippen molar-refractivity contribution < 1.29 is 9.66 Å². The first-order valence-electron chi connectivity index (χ1n) is 6.26. The average molecular weight is 252 g/mol. The highest BCUT2D eigenvalue weighted by Gasteiger charge is 2.19. The Kier molecular flexibility index (Phi) is 5.97. The van der Waals surface area contributed by atoms with Crippen molar-refractivity contribution in [2.24, 2.45) is 0 Å². The molecule has 1 aromatic rings. The Bertz CT molecular complexity index is 394. The van der Waals surface area contributed by atoms with Crippen LogP contribution in [0.25, 0.3) is 0 Å². The first-order chi connectivity index (χ1) is 8.70. The predicted octanol–water partition coefficient (Wildman–Crippen LogP) is 3.60. The van der Waals surface area contributed by atoms with Crippen LogP contribution < -0.4 is 10.1 Å². The molecule has 18 heavy (non-hydrogen) atoms. The molecule has 0 amide bonds. The molecule has 0 aliphatic heterocycles. The van der Waals surface area contributed by atoms with Crippen molar-refractivity contribution >= 4 is 11.4 Å². The summed E-state index contributed by atoms with van der Waals surface area (Å²) in [7, 11) is 1.44. The van der Waals surface area contributed by atoms with Gasteiger partial charge in [0.2, 0.25) is 0 Å². The lowest BCUT2D eigenvalue weighted by Gasteiger charge is -2.09. The van der Waals surface area contributed by atoms with E-state index < -0.39 is 4.92 Å². The molecule has 0 fully saturated rings. The van der Waals surface area contributed by atoms with Crippen LogP contribution >= 0.6 is 0 Å². The van der Waals surface area contributed by atoms with Crippen LogP contribution in [-0.2, 0) is 0 Å². The molecule has 0 saturated heterocycles. The summed E-state index contributed by atoms with van der Waals surface area (Å²) in [5.74, 6) is 0.290. The highest BCUT2D eigenvalue weighted by atomic mass is 16.6. The molecule has 0 bridgehead atoms. The van der Waals surface area contributed by atoms with E-state index in [-0.39, 0.29) is 5.69 Å². The third-order valence-corrected chi connectivity index (χ3v) is 2.75. The number of hydrogen-bond acceptors (Lipinski definition) is 4. The summed E-state index contributed by atoms with van der Waals surface area (Å²) in [6, 6.07) is 5.06. The zero-order valence-electron chi connectivity index (χ0n) is 10.9. The number of anilines is 1. The summed E-state index contributed by atoms with van der Waals surface area (Å²) in [5, 5.41) is 14.1. The monoisotopic (exact) mass is 252 g/mol. The normalized spacial score (nSPS) is 10.1. The van der Waals surface area contributed by atoms with Crippen molar-refractivity contribution in [1.29, 1.82) is 0 Å². The van der Waals surface area contributed by atoms with Crippen LogP contribution in [0.15, 0.2) is 18.2 Å². The lowest BCUT2D eigenvalue weighted by Crippen LogP contribution is -2.05. The zero-order chi connectivity index (χ0) is 13.4. The SMILES string of the molecule is CCCCCCNc1cccc(OC)c1[N+](=O)[O-]. The summed E-state index contributed by atoms with van der Waals surface area (Å²) < 4.78 is 5.01. The second kappa shape index (κ2) is 7.53. The van der Waals surface area contributed by atoms with Gasteiger partial charge in [0, 0.05) is 6.54 Å². The maximum absolute atomic E-state index is 11.0. The van der Waals surface area contributed by atoms with E-state index in [0.717, 1.165) is 19.4 Å². The highest BCUT2D eigenvalue weighted by molar-refractivity contribution is 5.68. The van der Waals surface area contributed by atoms with E-state index in [0.29, 0.717) is 11.4 Å². The maximum Gasteiger partial charge on any atom is 0.333 e. The highest BCUT2D eigenvalue weighted by Crippen LogP contribution is 2.34. The number of para-hydroxylation sites is 1. The van der Waals surface area contributed by atoms with E-state index in [2.05, 4.69) is 12.2 Å². The Morgan fingerprint density at radius 2 is 2.11 bits per heavy atom. The lowest BCUT2D eigenvalue weighted by molar-refractivity contribution is -0.384. The molecule has 1 N–H and O–H groups in total. The standard InChI is InChI=1S/C13H20N2O3/c1-3-4-5-6-10-14-11-8-7-9-12(18-2)13(11)15(16)17/h7-9,14H,3-6,10H2,1-2H3. The molecule has 1 rings (SSSR count). The first-order valence-corrected chi connectivity index (χ1v) is 6.26. The average Bonchev–Trinajstić information content (AvgIpc) is 2.37. The Hall–Kier alpha value is -1.78. The number of rotatable bonds is 8. The molecule has 0 heterocycles. The van der Waals surface area contributed by atoms with Gasteiger partial charge in [-0.2, -0.15) is 0 Å². The molecule has 5 heteroatoms. The minimum atomic E-state index is -0.410. The van der Waals surface area contributed by atoms with Crippen molar-refractivity contribution in [3.8, 4) is 5.75 Å². The fourth-order valence-corrected chi connectivity index (χ4v) is 1.79. The van der Waals surface area contributed by atoms with Crippen LogP contribution in [0, 0.1) is 10.1 Å². The second-order valence-electron chi connectivity index (χ2n) is 4.10. The molecule has 0 aliphatic carbocycles. The number of ether oxygens (including phenoxy) is 1. The number of methoxy groups -OCH3 is 1. The zero-order valence-corrected chi connectivity index (χ0v) is 10.9. The fraction of sp³-hybridized carbons (Fsp3) is 0.538. The van der Waals surface area contributed by atoms with E-state index in [9.17, 15) is 10.1 Å². The molecule has 0 spiro atoms. The minimum Gasteiger partial charge on any atom is -0.490 e. The van der Waals surface area contributed by atoms with Crippen molar-refractivity contribution in [3.63, 3.8) is 0 Å². The molecule has 0 unspecified atom stereocenters.